The van der Waals surface area contributed by atoms with E-state index in [-0.39, 0.29) is 11.5 Å². The molecule has 0 heterocycles. The van der Waals surface area contributed by atoms with Gasteiger partial charge < -0.3 is 0 Å². The quantitative estimate of drug-likeness (QED) is 0.116. The fourth-order valence-corrected chi connectivity index (χ4v) is 4.01. The Morgan fingerprint density at radius 1 is 0.926 bits per heavy atom. The molecule has 4 nitrogen and oxygen atoms in total. The number of nitrogens with zero attached hydrogens (tertiary/aromatic N) is 2. The molecule has 0 aromatic carbocycles. The van der Waals surface area contributed by atoms with Gasteiger partial charge in [-0.05, 0) is 44.4 Å². The van der Waals surface area contributed by atoms with Crippen LogP contribution in [-0.2, 0) is 9.59 Å². The van der Waals surface area contributed by atoms with E-state index < -0.39 is 0 Å². The van der Waals surface area contributed by atoms with Crippen LogP contribution in [0.4, 0.5) is 0 Å². The molecule has 0 aromatic heterocycles. The first-order chi connectivity index (χ1) is 13.1. The van der Waals surface area contributed by atoms with Gasteiger partial charge in [0.05, 0.1) is 12.6 Å². The first-order valence-corrected chi connectivity index (χ1v) is 10.8. The number of hydrogen-bond acceptors (Lipinski definition) is 4. The van der Waals surface area contributed by atoms with Gasteiger partial charge in [0.2, 0.25) is 12.2 Å². The minimum absolute atomic E-state index is 0.0447. The summed E-state index contributed by atoms with van der Waals surface area (Å²) in [5.41, 5.74) is 0.996. The van der Waals surface area contributed by atoms with Gasteiger partial charge >= 0.3 is 0 Å². The SMILES string of the molecule is C=C(C)CC(N=C=O)C(CC)(CCCCCCCCCC)CCCN=C=O. The normalized spacial score (nSPS) is 13.9. The van der Waals surface area contributed by atoms with Gasteiger partial charge in [-0.2, -0.15) is 0 Å². The van der Waals surface area contributed by atoms with E-state index in [9.17, 15) is 9.59 Å². The third-order valence-corrected chi connectivity index (χ3v) is 5.70. The van der Waals surface area contributed by atoms with Gasteiger partial charge in [-0.25, -0.2) is 19.6 Å². The highest BCUT2D eigenvalue weighted by atomic mass is 16.1. The number of carbonyl (C=O) groups excluding carboxylic acids is 2. The summed E-state index contributed by atoms with van der Waals surface area (Å²) in [7, 11) is 0. The summed E-state index contributed by atoms with van der Waals surface area (Å²) in [5.74, 6) is 0. The van der Waals surface area contributed by atoms with E-state index in [1.165, 1.54) is 44.9 Å². The Hall–Kier alpha value is -1.50. The van der Waals surface area contributed by atoms with Crippen LogP contribution >= 0.6 is 0 Å². The molecule has 0 fully saturated rings. The van der Waals surface area contributed by atoms with Crippen LogP contribution in [0.3, 0.4) is 0 Å². The Kier molecular flexibility index (Phi) is 15.7. The summed E-state index contributed by atoms with van der Waals surface area (Å²) in [6.45, 7) is 10.9. The summed E-state index contributed by atoms with van der Waals surface area (Å²) < 4.78 is 0. The number of isocyanates is 2. The summed E-state index contributed by atoms with van der Waals surface area (Å²) in [6.07, 6.45) is 18.1. The van der Waals surface area contributed by atoms with Crippen molar-refractivity contribution >= 4 is 12.2 Å². The predicted octanol–water partition coefficient (Wildman–Crippen LogP) is 6.70. The molecule has 154 valence electrons. The van der Waals surface area contributed by atoms with Crippen molar-refractivity contribution < 1.29 is 9.59 Å². The average molecular weight is 377 g/mol. The molecule has 0 amide bonds. The Morgan fingerprint density at radius 2 is 1.52 bits per heavy atom. The highest BCUT2D eigenvalue weighted by Crippen LogP contribution is 2.42. The fourth-order valence-electron chi connectivity index (χ4n) is 4.01. The van der Waals surface area contributed by atoms with Crippen LogP contribution in [0.1, 0.15) is 104 Å². The van der Waals surface area contributed by atoms with Gasteiger partial charge in [-0.1, -0.05) is 70.8 Å². The second-order valence-corrected chi connectivity index (χ2v) is 7.91. The van der Waals surface area contributed by atoms with Gasteiger partial charge in [0.15, 0.2) is 0 Å². The third-order valence-electron chi connectivity index (χ3n) is 5.70. The maximum absolute atomic E-state index is 11.0. The average Bonchev–Trinajstić information content (AvgIpc) is 2.65. The molecule has 0 rings (SSSR count). The molecule has 2 unspecified atom stereocenters. The van der Waals surface area contributed by atoms with Crippen molar-refractivity contribution in [3.63, 3.8) is 0 Å². The highest BCUT2D eigenvalue weighted by molar-refractivity contribution is 5.34. The molecule has 2 atom stereocenters. The maximum atomic E-state index is 11.0. The van der Waals surface area contributed by atoms with E-state index in [0.29, 0.717) is 6.54 Å². The lowest BCUT2D eigenvalue weighted by atomic mass is 9.69. The molecule has 0 N–H and O–H groups in total. The zero-order chi connectivity index (χ0) is 20.4. The smallest absolute Gasteiger partial charge is 0.211 e. The molecule has 4 heteroatoms. The minimum atomic E-state index is -0.0812. The number of aliphatic imine (C=N–C) groups is 2. The van der Waals surface area contributed by atoms with Crippen molar-refractivity contribution in [2.24, 2.45) is 15.4 Å². The van der Waals surface area contributed by atoms with Crippen LogP contribution < -0.4 is 0 Å². The first-order valence-electron chi connectivity index (χ1n) is 10.8. The van der Waals surface area contributed by atoms with Crippen molar-refractivity contribution in [3.8, 4) is 0 Å². The Bertz CT molecular complexity index is 491. The van der Waals surface area contributed by atoms with E-state index in [0.717, 1.165) is 44.1 Å². The van der Waals surface area contributed by atoms with Crippen LogP contribution in [0.15, 0.2) is 22.1 Å². The van der Waals surface area contributed by atoms with Crippen LogP contribution in [0, 0.1) is 5.41 Å². The van der Waals surface area contributed by atoms with Crippen molar-refractivity contribution in [1.82, 2.24) is 0 Å². The predicted molar refractivity (Wildman–Crippen MR) is 114 cm³/mol. The molecule has 0 radical (unpaired) electrons. The van der Waals surface area contributed by atoms with E-state index in [1.54, 1.807) is 12.2 Å². The third kappa shape index (κ3) is 11.7. The van der Waals surface area contributed by atoms with Crippen molar-refractivity contribution in [3.05, 3.63) is 12.2 Å². The molecule has 0 bridgehead atoms. The molecule has 0 saturated heterocycles. The van der Waals surface area contributed by atoms with Gasteiger partial charge in [0.25, 0.3) is 0 Å². The molecule has 0 aliphatic rings. The number of rotatable bonds is 18. The monoisotopic (exact) mass is 376 g/mol. The van der Waals surface area contributed by atoms with Crippen molar-refractivity contribution in [2.45, 2.75) is 110 Å². The van der Waals surface area contributed by atoms with Crippen molar-refractivity contribution in [1.29, 1.82) is 0 Å². The Labute approximate surface area is 166 Å². The lowest BCUT2D eigenvalue weighted by Crippen LogP contribution is -2.34. The maximum Gasteiger partial charge on any atom is 0.235 e. The highest BCUT2D eigenvalue weighted by Gasteiger charge is 2.36. The van der Waals surface area contributed by atoms with Gasteiger partial charge in [0, 0.05) is 0 Å². The topological polar surface area (TPSA) is 58.9 Å². The lowest BCUT2D eigenvalue weighted by molar-refractivity contribution is 0.166. The number of hydrogen-bond donors (Lipinski definition) is 0. The molecule has 27 heavy (non-hydrogen) atoms. The fraction of sp³-hybridized carbons (Fsp3) is 0.826. The molecule has 0 spiro atoms. The molecule has 0 saturated carbocycles. The Balaban J connectivity index is 4.84. The van der Waals surface area contributed by atoms with Crippen LogP contribution in [-0.4, -0.2) is 24.7 Å². The summed E-state index contributed by atoms with van der Waals surface area (Å²) in [5, 5.41) is 0. The molecule has 0 aromatic rings. The zero-order valence-electron chi connectivity index (χ0n) is 17.9. The number of unbranched alkanes of at least 4 members (excludes halogenated alkanes) is 7. The van der Waals surface area contributed by atoms with E-state index in [4.69, 9.17) is 0 Å². The molecule has 0 aliphatic heterocycles. The van der Waals surface area contributed by atoms with Crippen LogP contribution in [0.25, 0.3) is 0 Å². The molecular weight excluding hydrogens is 336 g/mol. The Morgan fingerprint density at radius 3 is 2.04 bits per heavy atom. The largest absolute Gasteiger partial charge is 0.235 e. The van der Waals surface area contributed by atoms with Crippen LogP contribution in [0.2, 0.25) is 0 Å². The van der Waals surface area contributed by atoms with Crippen molar-refractivity contribution in [2.75, 3.05) is 6.54 Å². The van der Waals surface area contributed by atoms with E-state index in [1.807, 2.05) is 6.92 Å². The first kappa shape index (κ1) is 25.5. The van der Waals surface area contributed by atoms with Gasteiger partial charge in [-0.15, -0.1) is 6.58 Å². The zero-order valence-corrected chi connectivity index (χ0v) is 17.9. The van der Waals surface area contributed by atoms with Gasteiger partial charge in [0.1, 0.15) is 0 Å². The standard InChI is InChI=1S/C23H40N2O2/c1-5-7-8-9-10-11-12-13-15-23(6-2,16-14-17-24-19-26)22(25-20-27)18-21(3)4/h22H,3,5-18H2,1-2,4H3. The summed E-state index contributed by atoms with van der Waals surface area (Å²) in [6, 6.07) is -0.0812. The minimum Gasteiger partial charge on any atom is -0.211 e. The van der Waals surface area contributed by atoms with Crippen LogP contribution in [0.5, 0.6) is 0 Å². The van der Waals surface area contributed by atoms with E-state index >= 15 is 0 Å². The van der Waals surface area contributed by atoms with Gasteiger partial charge in [-0.3, -0.25) is 0 Å². The molecular formula is C23H40N2O2. The molecule has 0 aliphatic carbocycles. The summed E-state index contributed by atoms with van der Waals surface area (Å²) in [4.78, 5) is 29.3. The second kappa shape index (κ2) is 16.7. The lowest BCUT2D eigenvalue weighted by Gasteiger charge is -2.38. The van der Waals surface area contributed by atoms with E-state index in [2.05, 4.69) is 30.4 Å². The summed E-state index contributed by atoms with van der Waals surface area (Å²) >= 11 is 0. The second-order valence-electron chi connectivity index (χ2n) is 7.91.